The van der Waals surface area contributed by atoms with E-state index >= 15 is 0 Å². The van der Waals surface area contributed by atoms with Gasteiger partial charge in [0.1, 0.15) is 17.5 Å². The molecule has 1 aromatic heterocycles. The SMILES string of the molecule is CNc1cc(NCC(=O)NC(C)(C)C)nc(C2CC2)n1. The van der Waals surface area contributed by atoms with Crippen molar-refractivity contribution in [3.8, 4) is 0 Å². The van der Waals surface area contributed by atoms with Crippen LogP contribution in [-0.4, -0.2) is 35.0 Å². The summed E-state index contributed by atoms with van der Waals surface area (Å²) in [4.78, 5) is 20.7. The molecular weight excluding hydrogens is 254 g/mol. The summed E-state index contributed by atoms with van der Waals surface area (Å²) in [5, 5.41) is 8.99. The molecule has 3 N–H and O–H groups in total. The molecule has 0 aromatic carbocycles. The van der Waals surface area contributed by atoms with Crippen LogP contribution < -0.4 is 16.0 Å². The lowest BCUT2D eigenvalue weighted by Crippen LogP contribution is -2.43. The molecule has 1 heterocycles. The number of rotatable bonds is 5. The summed E-state index contributed by atoms with van der Waals surface area (Å²) in [5.74, 6) is 2.76. The number of nitrogens with one attached hydrogen (secondary N) is 3. The van der Waals surface area contributed by atoms with Crippen molar-refractivity contribution in [3.05, 3.63) is 11.9 Å². The van der Waals surface area contributed by atoms with Crippen molar-refractivity contribution < 1.29 is 4.79 Å². The first-order valence-electron chi connectivity index (χ1n) is 6.99. The lowest BCUT2D eigenvalue weighted by Gasteiger charge is -2.20. The normalized spacial score (nSPS) is 14.8. The van der Waals surface area contributed by atoms with E-state index in [0.29, 0.717) is 11.7 Å². The summed E-state index contributed by atoms with van der Waals surface area (Å²) < 4.78 is 0. The molecule has 20 heavy (non-hydrogen) atoms. The highest BCUT2D eigenvalue weighted by molar-refractivity contribution is 5.81. The first kappa shape index (κ1) is 14.6. The quantitative estimate of drug-likeness (QED) is 0.764. The molecule has 1 aromatic rings. The lowest BCUT2D eigenvalue weighted by molar-refractivity contribution is -0.120. The Labute approximate surface area is 119 Å². The van der Waals surface area contributed by atoms with E-state index in [1.165, 1.54) is 0 Å². The van der Waals surface area contributed by atoms with Crippen LogP contribution in [0.3, 0.4) is 0 Å². The number of anilines is 2. The number of nitrogens with zero attached hydrogens (tertiary/aromatic N) is 2. The molecule has 6 heteroatoms. The van der Waals surface area contributed by atoms with Gasteiger partial charge in [0.2, 0.25) is 5.91 Å². The van der Waals surface area contributed by atoms with Gasteiger partial charge in [-0.1, -0.05) is 0 Å². The van der Waals surface area contributed by atoms with Gasteiger partial charge >= 0.3 is 0 Å². The number of carbonyl (C=O) groups excluding carboxylic acids is 1. The Morgan fingerprint density at radius 1 is 1.30 bits per heavy atom. The van der Waals surface area contributed by atoms with Crippen LogP contribution in [0, 0.1) is 0 Å². The molecule has 0 spiro atoms. The van der Waals surface area contributed by atoms with E-state index in [1.807, 2.05) is 33.9 Å². The van der Waals surface area contributed by atoms with Gasteiger partial charge in [-0.05, 0) is 33.6 Å². The van der Waals surface area contributed by atoms with Crippen molar-refractivity contribution in [1.29, 1.82) is 0 Å². The zero-order chi connectivity index (χ0) is 14.8. The zero-order valence-corrected chi connectivity index (χ0v) is 12.6. The molecule has 1 aliphatic rings. The molecule has 0 saturated heterocycles. The average molecular weight is 277 g/mol. The molecule has 1 fully saturated rings. The third-order valence-electron chi connectivity index (χ3n) is 2.89. The van der Waals surface area contributed by atoms with Crippen LogP contribution >= 0.6 is 0 Å². The molecule has 0 atom stereocenters. The number of hydrogen-bond acceptors (Lipinski definition) is 5. The Bertz CT molecular complexity index is 491. The van der Waals surface area contributed by atoms with Crippen molar-refractivity contribution in [2.75, 3.05) is 24.2 Å². The average Bonchev–Trinajstić information content (AvgIpc) is 3.18. The van der Waals surface area contributed by atoms with E-state index in [1.54, 1.807) is 0 Å². The minimum atomic E-state index is -0.222. The molecule has 110 valence electrons. The zero-order valence-electron chi connectivity index (χ0n) is 12.6. The summed E-state index contributed by atoms with van der Waals surface area (Å²) in [6, 6.07) is 1.82. The van der Waals surface area contributed by atoms with Gasteiger partial charge in [0, 0.05) is 24.6 Å². The van der Waals surface area contributed by atoms with Gasteiger partial charge < -0.3 is 16.0 Å². The standard InChI is InChI=1S/C14H23N5O/c1-14(2,3)19-12(20)8-16-11-7-10(15-4)17-13(18-11)9-5-6-9/h7,9H,5-6,8H2,1-4H3,(H,19,20)(H2,15,16,17,18). The fourth-order valence-electron chi connectivity index (χ4n) is 1.84. The summed E-state index contributed by atoms with van der Waals surface area (Å²) in [5.41, 5.74) is -0.222. The van der Waals surface area contributed by atoms with Crippen LogP contribution in [0.2, 0.25) is 0 Å². The van der Waals surface area contributed by atoms with E-state index in [-0.39, 0.29) is 18.0 Å². The van der Waals surface area contributed by atoms with Crippen LogP contribution in [0.4, 0.5) is 11.6 Å². The molecular formula is C14H23N5O. The van der Waals surface area contributed by atoms with Gasteiger partial charge in [0.25, 0.3) is 0 Å². The number of amides is 1. The topological polar surface area (TPSA) is 78.9 Å². The maximum Gasteiger partial charge on any atom is 0.239 e. The molecule has 1 amide bonds. The molecule has 0 radical (unpaired) electrons. The maximum absolute atomic E-state index is 11.8. The van der Waals surface area contributed by atoms with Crippen LogP contribution in [0.15, 0.2) is 6.07 Å². The number of hydrogen-bond donors (Lipinski definition) is 3. The second-order valence-electron chi connectivity index (χ2n) is 6.17. The molecule has 0 unspecified atom stereocenters. The fourth-order valence-corrected chi connectivity index (χ4v) is 1.84. The first-order chi connectivity index (χ1) is 9.37. The molecule has 2 rings (SSSR count). The van der Waals surface area contributed by atoms with Crippen LogP contribution in [0.25, 0.3) is 0 Å². The fraction of sp³-hybridized carbons (Fsp3) is 0.643. The highest BCUT2D eigenvalue weighted by Gasteiger charge is 2.27. The summed E-state index contributed by atoms with van der Waals surface area (Å²) in [6.45, 7) is 6.08. The third kappa shape index (κ3) is 4.36. The Hall–Kier alpha value is -1.85. The summed E-state index contributed by atoms with van der Waals surface area (Å²) >= 11 is 0. The molecule has 6 nitrogen and oxygen atoms in total. The number of carbonyl (C=O) groups is 1. The third-order valence-corrected chi connectivity index (χ3v) is 2.89. The van der Waals surface area contributed by atoms with Crippen LogP contribution in [-0.2, 0) is 4.79 Å². The Morgan fingerprint density at radius 2 is 1.95 bits per heavy atom. The molecule has 0 aliphatic heterocycles. The summed E-state index contributed by atoms with van der Waals surface area (Å²) in [6.07, 6.45) is 2.30. The van der Waals surface area contributed by atoms with Crippen molar-refractivity contribution in [1.82, 2.24) is 15.3 Å². The van der Waals surface area contributed by atoms with Crippen LogP contribution in [0.1, 0.15) is 45.4 Å². The van der Waals surface area contributed by atoms with Crippen molar-refractivity contribution >= 4 is 17.5 Å². The van der Waals surface area contributed by atoms with Crippen molar-refractivity contribution in [3.63, 3.8) is 0 Å². The van der Waals surface area contributed by atoms with Gasteiger partial charge in [-0.3, -0.25) is 4.79 Å². The van der Waals surface area contributed by atoms with E-state index in [2.05, 4.69) is 25.9 Å². The van der Waals surface area contributed by atoms with Gasteiger partial charge in [0.05, 0.1) is 6.54 Å². The van der Waals surface area contributed by atoms with Gasteiger partial charge in [0.15, 0.2) is 0 Å². The van der Waals surface area contributed by atoms with E-state index in [4.69, 9.17) is 0 Å². The lowest BCUT2D eigenvalue weighted by atomic mass is 10.1. The van der Waals surface area contributed by atoms with Crippen LogP contribution in [0.5, 0.6) is 0 Å². The smallest absolute Gasteiger partial charge is 0.239 e. The van der Waals surface area contributed by atoms with Crippen molar-refractivity contribution in [2.45, 2.75) is 45.1 Å². The maximum atomic E-state index is 11.8. The monoisotopic (exact) mass is 277 g/mol. The highest BCUT2D eigenvalue weighted by atomic mass is 16.2. The molecule has 0 bridgehead atoms. The van der Waals surface area contributed by atoms with E-state index < -0.39 is 0 Å². The molecule has 1 saturated carbocycles. The predicted octanol–water partition coefficient (Wildman–Crippen LogP) is 1.72. The van der Waals surface area contributed by atoms with E-state index in [9.17, 15) is 4.79 Å². The number of aromatic nitrogens is 2. The molecule has 1 aliphatic carbocycles. The predicted molar refractivity (Wildman–Crippen MR) is 79.9 cm³/mol. The second-order valence-corrected chi connectivity index (χ2v) is 6.17. The first-order valence-corrected chi connectivity index (χ1v) is 6.99. The van der Waals surface area contributed by atoms with Gasteiger partial charge in [-0.2, -0.15) is 0 Å². The second kappa shape index (κ2) is 5.64. The largest absolute Gasteiger partial charge is 0.373 e. The van der Waals surface area contributed by atoms with E-state index in [0.717, 1.165) is 24.5 Å². The minimum absolute atomic E-state index is 0.0462. The summed E-state index contributed by atoms with van der Waals surface area (Å²) in [7, 11) is 1.83. The van der Waals surface area contributed by atoms with Gasteiger partial charge in [-0.15, -0.1) is 0 Å². The Morgan fingerprint density at radius 3 is 2.50 bits per heavy atom. The van der Waals surface area contributed by atoms with Gasteiger partial charge in [-0.25, -0.2) is 9.97 Å². The Balaban J connectivity index is 1.98. The minimum Gasteiger partial charge on any atom is -0.373 e. The van der Waals surface area contributed by atoms with Crippen molar-refractivity contribution in [2.24, 2.45) is 0 Å². The Kier molecular flexibility index (Phi) is 4.11. The highest BCUT2D eigenvalue weighted by Crippen LogP contribution is 2.38.